The normalized spacial score (nSPS) is 8.67. The van der Waals surface area contributed by atoms with Crippen LogP contribution in [0.15, 0.2) is 10.7 Å². The Labute approximate surface area is 59.7 Å². The summed E-state index contributed by atoms with van der Waals surface area (Å²) in [6, 6.07) is 0. The molecule has 0 amide bonds. The Morgan fingerprint density at radius 2 is 2.44 bits per heavy atom. The predicted molar refractivity (Wildman–Crippen MR) is 36.4 cm³/mol. The van der Waals surface area contributed by atoms with Gasteiger partial charge in [-0.25, -0.2) is 4.98 Å². The van der Waals surface area contributed by atoms with E-state index in [0.29, 0.717) is 12.4 Å². The number of rotatable bonds is 1. The highest BCUT2D eigenvalue weighted by atomic mass is 35.5. The lowest BCUT2D eigenvalue weighted by Crippen LogP contribution is -1.95. The van der Waals surface area contributed by atoms with E-state index in [1.807, 2.05) is 0 Å². The molecule has 52 valence electrons. The molecule has 0 fully saturated rings. The molecule has 0 saturated carbocycles. The van der Waals surface area contributed by atoms with Crippen molar-refractivity contribution in [3.63, 3.8) is 0 Å². The van der Waals surface area contributed by atoms with Gasteiger partial charge < -0.3 is 10.2 Å². The van der Waals surface area contributed by atoms with Crippen LogP contribution in [0, 0.1) is 6.92 Å². The third kappa shape index (κ3) is 2.03. The highest BCUT2D eigenvalue weighted by Gasteiger charge is 1.92. The van der Waals surface area contributed by atoms with E-state index in [2.05, 4.69) is 4.98 Å². The molecule has 2 N–H and O–H groups in total. The van der Waals surface area contributed by atoms with Crippen LogP contribution >= 0.6 is 12.4 Å². The molecular formula is C5H9ClN2O. The van der Waals surface area contributed by atoms with Gasteiger partial charge in [0.05, 0.1) is 5.69 Å². The van der Waals surface area contributed by atoms with Crippen molar-refractivity contribution < 1.29 is 4.42 Å². The number of nitrogens with zero attached hydrogens (tertiary/aromatic N) is 1. The van der Waals surface area contributed by atoms with E-state index in [1.54, 1.807) is 13.2 Å². The first-order valence-corrected chi connectivity index (χ1v) is 2.44. The fraction of sp³-hybridized carbons (Fsp3) is 0.400. The molecular weight excluding hydrogens is 140 g/mol. The number of halogens is 1. The summed E-state index contributed by atoms with van der Waals surface area (Å²) in [5, 5.41) is 0. The third-order valence-electron chi connectivity index (χ3n) is 0.876. The second-order valence-electron chi connectivity index (χ2n) is 1.56. The maximum atomic E-state index is 5.24. The van der Waals surface area contributed by atoms with E-state index in [9.17, 15) is 0 Å². The van der Waals surface area contributed by atoms with Crippen LogP contribution in [-0.2, 0) is 6.54 Å². The van der Waals surface area contributed by atoms with Crippen molar-refractivity contribution >= 4 is 12.4 Å². The van der Waals surface area contributed by atoms with Crippen molar-refractivity contribution in [3.8, 4) is 0 Å². The summed E-state index contributed by atoms with van der Waals surface area (Å²) in [5.41, 5.74) is 6.05. The number of hydrogen-bond donors (Lipinski definition) is 1. The Morgan fingerprint density at radius 1 is 1.78 bits per heavy atom. The van der Waals surface area contributed by atoms with Crippen LogP contribution in [0.1, 0.15) is 11.6 Å². The van der Waals surface area contributed by atoms with Crippen molar-refractivity contribution in [1.82, 2.24) is 4.98 Å². The Kier molecular flexibility index (Phi) is 3.27. The topological polar surface area (TPSA) is 52.0 Å². The van der Waals surface area contributed by atoms with Crippen molar-refractivity contribution in [2.75, 3.05) is 0 Å². The molecule has 0 radical (unpaired) electrons. The van der Waals surface area contributed by atoms with Gasteiger partial charge in [-0.05, 0) is 0 Å². The van der Waals surface area contributed by atoms with Crippen LogP contribution < -0.4 is 5.73 Å². The van der Waals surface area contributed by atoms with Crippen molar-refractivity contribution in [1.29, 1.82) is 0 Å². The van der Waals surface area contributed by atoms with Gasteiger partial charge in [0.25, 0.3) is 0 Å². The summed E-state index contributed by atoms with van der Waals surface area (Å²) < 4.78 is 4.86. The molecule has 1 aromatic heterocycles. The largest absolute Gasteiger partial charge is 0.449 e. The highest BCUT2D eigenvalue weighted by Crippen LogP contribution is 1.96. The molecule has 0 aliphatic carbocycles. The van der Waals surface area contributed by atoms with Gasteiger partial charge in [0.15, 0.2) is 5.89 Å². The molecule has 3 nitrogen and oxygen atoms in total. The molecule has 0 bridgehead atoms. The average Bonchev–Trinajstić information content (AvgIpc) is 2.14. The van der Waals surface area contributed by atoms with Gasteiger partial charge in [-0.2, -0.15) is 0 Å². The Morgan fingerprint density at radius 3 is 2.67 bits per heavy atom. The smallest absolute Gasteiger partial charge is 0.191 e. The van der Waals surface area contributed by atoms with Crippen molar-refractivity contribution in [3.05, 3.63) is 17.8 Å². The lowest BCUT2D eigenvalue weighted by Gasteiger charge is -1.77. The SMILES string of the molecule is Cc1nc(CN)co1.Cl. The van der Waals surface area contributed by atoms with E-state index >= 15 is 0 Å². The molecule has 0 aliphatic heterocycles. The lowest BCUT2D eigenvalue weighted by molar-refractivity contribution is 0.520. The fourth-order valence-electron chi connectivity index (χ4n) is 0.502. The van der Waals surface area contributed by atoms with Crippen LogP contribution in [0.25, 0.3) is 0 Å². The molecule has 1 aromatic rings. The zero-order valence-electron chi connectivity index (χ0n) is 5.13. The molecule has 0 aromatic carbocycles. The van der Waals surface area contributed by atoms with Gasteiger partial charge in [-0.3, -0.25) is 0 Å². The molecule has 0 spiro atoms. The standard InChI is InChI=1S/C5H8N2O.ClH/c1-4-7-5(2-6)3-8-4;/h3H,2,6H2,1H3;1H. The summed E-state index contributed by atoms with van der Waals surface area (Å²) in [6.45, 7) is 2.25. The lowest BCUT2D eigenvalue weighted by atomic mass is 10.5. The number of nitrogens with two attached hydrogens (primary N) is 1. The van der Waals surface area contributed by atoms with Gasteiger partial charge >= 0.3 is 0 Å². The van der Waals surface area contributed by atoms with E-state index in [0.717, 1.165) is 5.69 Å². The fourth-order valence-corrected chi connectivity index (χ4v) is 0.502. The number of aromatic nitrogens is 1. The second kappa shape index (κ2) is 3.48. The van der Waals surface area contributed by atoms with Crippen molar-refractivity contribution in [2.24, 2.45) is 5.73 Å². The van der Waals surface area contributed by atoms with Crippen LogP contribution in [0.5, 0.6) is 0 Å². The first-order chi connectivity index (χ1) is 3.83. The molecule has 0 saturated heterocycles. The Balaban J connectivity index is 0.000000640. The number of oxazole rings is 1. The molecule has 1 heterocycles. The monoisotopic (exact) mass is 148 g/mol. The molecule has 9 heavy (non-hydrogen) atoms. The minimum absolute atomic E-state index is 0. The molecule has 0 unspecified atom stereocenters. The zero-order valence-corrected chi connectivity index (χ0v) is 5.94. The Bertz CT molecular complexity index is 175. The summed E-state index contributed by atoms with van der Waals surface area (Å²) in [4.78, 5) is 3.94. The van der Waals surface area contributed by atoms with Crippen LogP contribution in [-0.4, -0.2) is 4.98 Å². The van der Waals surface area contributed by atoms with E-state index in [4.69, 9.17) is 10.2 Å². The van der Waals surface area contributed by atoms with Gasteiger partial charge in [-0.1, -0.05) is 0 Å². The van der Waals surface area contributed by atoms with Gasteiger partial charge in [0.2, 0.25) is 0 Å². The average molecular weight is 149 g/mol. The maximum Gasteiger partial charge on any atom is 0.191 e. The van der Waals surface area contributed by atoms with Crippen LogP contribution in [0.2, 0.25) is 0 Å². The van der Waals surface area contributed by atoms with Crippen LogP contribution in [0.3, 0.4) is 0 Å². The summed E-state index contributed by atoms with van der Waals surface area (Å²) in [6.07, 6.45) is 1.56. The van der Waals surface area contributed by atoms with E-state index < -0.39 is 0 Å². The molecule has 1 rings (SSSR count). The van der Waals surface area contributed by atoms with Crippen LogP contribution in [0.4, 0.5) is 0 Å². The predicted octanol–water partition coefficient (Wildman–Crippen LogP) is 0.864. The maximum absolute atomic E-state index is 5.24. The molecule has 0 atom stereocenters. The van der Waals surface area contributed by atoms with Gasteiger partial charge in [0.1, 0.15) is 6.26 Å². The number of aryl methyl sites for hydroxylation is 1. The van der Waals surface area contributed by atoms with Gasteiger partial charge in [-0.15, -0.1) is 12.4 Å². The molecule has 0 aliphatic rings. The van der Waals surface area contributed by atoms with E-state index in [-0.39, 0.29) is 12.4 Å². The summed E-state index contributed by atoms with van der Waals surface area (Å²) in [7, 11) is 0. The second-order valence-corrected chi connectivity index (χ2v) is 1.56. The zero-order chi connectivity index (χ0) is 5.98. The number of hydrogen-bond acceptors (Lipinski definition) is 3. The molecule has 4 heteroatoms. The first-order valence-electron chi connectivity index (χ1n) is 2.44. The van der Waals surface area contributed by atoms with Gasteiger partial charge in [0, 0.05) is 13.5 Å². The minimum Gasteiger partial charge on any atom is -0.449 e. The minimum atomic E-state index is 0. The third-order valence-corrected chi connectivity index (χ3v) is 0.876. The summed E-state index contributed by atoms with van der Waals surface area (Å²) >= 11 is 0. The first kappa shape index (κ1) is 8.46. The van der Waals surface area contributed by atoms with E-state index in [1.165, 1.54) is 0 Å². The Hall–Kier alpha value is -0.540. The van der Waals surface area contributed by atoms with Crippen molar-refractivity contribution in [2.45, 2.75) is 13.5 Å². The highest BCUT2D eigenvalue weighted by molar-refractivity contribution is 5.85. The summed E-state index contributed by atoms with van der Waals surface area (Å²) in [5.74, 6) is 0.672. The quantitative estimate of drug-likeness (QED) is 0.643.